The number of likely N-dealkylation sites (tertiary alicyclic amines) is 1. The fraction of sp³-hybridized carbons (Fsp3) is 0.647. The zero-order valence-corrected chi connectivity index (χ0v) is 13.6. The lowest BCUT2D eigenvalue weighted by Gasteiger charge is -2.25. The zero-order valence-electron chi connectivity index (χ0n) is 13.6. The summed E-state index contributed by atoms with van der Waals surface area (Å²) in [5, 5.41) is 3.15. The van der Waals surface area contributed by atoms with E-state index in [4.69, 9.17) is 4.74 Å². The molecule has 1 aromatic carbocycles. The van der Waals surface area contributed by atoms with Crippen LogP contribution >= 0.6 is 0 Å². The molecule has 0 aliphatic carbocycles. The molecule has 1 fully saturated rings. The highest BCUT2D eigenvalue weighted by molar-refractivity contribution is 5.27. The number of hydrogen-bond donors (Lipinski definition) is 1. The van der Waals surface area contributed by atoms with Crippen LogP contribution in [0.1, 0.15) is 18.4 Å². The zero-order chi connectivity index (χ0) is 15.1. The smallest absolute Gasteiger partial charge is 0.119 e. The Bertz CT molecular complexity index is 407. The first-order valence-electron chi connectivity index (χ1n) is 7.94. The minimum atomic E-state index is 0.718. The average molecular weight is 291 g/mol. The Labute approximate surface area is 129 Å². The molecule has 1 atom stereocenters. The summed E-state index contributed by atoms with van der Waals surface area (Å²) in [6.45, 7) is 5.01. The molecule has 4 heteroatoms. The number of nitrogens with zero attached hydrogens (tertiary/aromatic N) is 2. The van der Waals surface area contributed by atoms with Gasteiger partial charge in [-0.1, -0.05) is 12.1 Å². The maximum absolute atomic E-state index is 5.83. The first kappa shape index (κ1) is 16.3. The summed E-state index contributed by atoms with van der Waals surface area (Å²) >= 11 is 0. The Morgan fingerprint density at radius 2 is 2.10 bits per heavy atom. The number of ether oxygens (including phenoxy) is 1. The molecule has 0 amide bonds. The topological polar surface area (TPSA) is 27.7 Å². The van der Waals surface area contributed by atoms with E-state index in [1.807, 2.05) is 7.05 Å². The molecule has 4 nitrogen and oxygen atoms in total. The van der Waals surface area contributed by atoms with Gasteiger partial charge in [-0.3, -0.25) is 0 Å². The minimum Gasteiger partial charge on any atom is -0.492 e. The highest BCUT2D eigenvalue weighted by Crippen LogP contribution is 2.15. The number of nitrogens with one attached hydrogen (secondary N) is 1. The summed E-state index contributed by atoms with van der Waals surface area (Å²) in [5.74, 6) is 0.959. The van der Waals surface area contributed by atoms with Crippen LogP contribution in [-0.4, -0.2) is 63.2 Å². The average Bonchev–Trinajstić information content (AvgIpc) is 2.86. The molecule has 1 unspecified atom stereocenters. The number of likely N-dealkylation sites (N-methyl/N-ethyl adjacent to an activating group) is 2. The van der Waals surface area contributed by atoms with Crippen molar-refractivity contribution in [2.75, 3.05) is 47.4 Å². The molecule has 1 saturated heterocycles. The van der Waals surface area contributed by atoms with Gasteiger partial charge in [-0.25, -0.2) is 0 Å². The molecular weight excluding hydrogens is 262 g/mol. The molecule has 1 heterocycles. The molecule has 118 valence electrons. The van der Waals surface area contributed by atoms with Crippen LogP contribution in [0.4, 0.5) is 0 Å². The van der Waals surface area contributed by atoms with Crippen molar-refractivity contribution in [2.24, 2.45) is 0 Å². The predicted octanol–water partition coefficient (Wildman–Crippen LogP) is 1.81. The molecule has 1 N–H and O–H groups in total. The van der Waals surface area contributed by atoms with E-state index < -0.39 is 0 Å². The maximum atomic E-state index is 5.83. The normalized spacial score (nSPS) is 19.3. The van der Waals surface area contributed by atoms with Gasteiger partial charge in [0.25, 0.3) is 0 Å². The molecule has 1 aliphatic heterocycles. The van der Waals surface area contributed by atoms with E-state index in [1.165, 1.54) is 24.9 Å². The van der Waals surface area contributed by atoms with Crippen molar-refractivity contribution in [1.82, 2.24) is 15.1 Å². The first-order chi connectivity index (χ1) is 10.2. The molecule has 2 rings (SSSR count). The van der Waals surface area contributed by atoms with Crippen LogP contribution in [0.15, 0.2) is 24.3 Å². The quantitative estimate of drug-likeness (QED) is 0.790. The maximum Gasteiger partial charge on any atom is 0.119 e. The van der Waals surface area contributed by atoms with Crippen molar-refractivity contribution >= 4 is 0 Å². The summed E-state index contributed by atoms with van der Waals surface area (Å²) < 4.78 is 5.83. The lowest BCUT2D eigenvalue weighted by molar-refractivity contribution is 0.190. The van der Waals surface area contributed by atoms with Gasteiger partial charge in [-0.2, -0.15) is 0 Å². The van der Waals surface area contributed by atoms with Crippen molar-refractivity contribution in [1.29, 1.82) is 0 Å². The van der Waals surface area contributed by atoms with Gasteiger partial charge in [0.1, 0.15) is 12.4 Å². The van der Waals surface area contributed by atoms with Gasteiger partial charge >= 0.3 is 0 Å². The monoisotopic (exact) mass is 291 g/mol. The fourth-order valence-corrected chi connectivity index (χ4v) is 2.89. The van der Waals surface area contributed by atoms with Crippen molar-refractivity contribution in [3.8, 4) is 5.75 Å². The van der Waals surface area contributed by atoms with Crippen LogP contribution in [-0.2, 0) is 6.54 Å². The van der Waals surface area contributed by atoms with Crippen LogP contribution in [0.5, 0.6) is 5.75 Å². The minimum absolute atomic E-state index is 0.718. The Hall–Kier alpha value is -1.10. The lowest BCUT2D eigenvalue weighted by atomic mass is 10.2. The third-order valence-electron chi connectivity index (χ3n) is 4.24. The summed E-state index contributed by atoms with van der Waals surface area (Å²) in [5.41, 5.74) is 1.28. The first-order valence-corrected chi connectivity index (χ1v) is 7.94. The SMILES string of the molecule is CNCc1ccc(OCCN(C)CC2CCCN2C)cc1. The molecule has 0 radical (unpaired) electrons. The van der Waals surface area contributed by atoms with Gasteiger partial charge in [0.05, 0.1) is 0 Å². The van der Waals surface area contributed by atoms with E-state index >= 15 is 0 Å². The molecule has 1 aliphatic rings. The Balaban J connectivity index is 1.66. The van der Waals surface area contributed by atoms with E-state index in [0.29, 0.717) is 0 Å². The van der Waals surface area contributed by atoms with Gasteiger partial charge in [-0.15, -0.1) is 0 Å². The van der Waals surface area contributed by atoms with Crippen LogP contribution in [0.25, 0.3) is 0 Å². The largest absolute Gasteiger partial charge is 0.492 e. The van der Waals surface area contributed by atoms with E-state index in [2.05, 4.69) is 53.5 Å². The van der Waals surface area contributed by atoms with Gasteiger partial charge in [0.2, 0.25) is 0 Å². The Kier molecular flexibility index (Phi) is 6.49. The molecule has 0 spiro atoms. The van der Waals surface area contributed by atoms with Crippen LogP contribution in [0, 0.1) is 0 Å². The number of benzene rings is 1. The predicted molar refractivity (Wildman–Crippen MR) is 87.8 cm³/mol. The van der Waals surface area contributed by atoms with E-state index in [9.17, 15) is 0 Å². The molecule has 0 bridgehead atoms. The van der Waals surface area contributed by atoms with Crippen molar-refractivity contribution < 1.29 is 4.74 Å². The van der Waals surface area contributed by atoms with Gasteiger partial charge in [0, 0.05) is 25.7 Å². The lowest BCUT2D eigenvalue weighted by Crippen LogP contribution is -2.38. The second kappa shape index (κ2) is 8.37. The van der Waals surface area contributed by atoms with Crippen molar-refractivity contribution in [2.45, 2.75) is 25.4 Å². The molecular formula is C17H29N3O. The highest BCUT2D eigenvalue weighted by Gasteiger charge is 2.21. The van der Waals surface area contributed by atoms with E-state index in [-0.39, 0.29) is 0 Å². The Morgan fingerprint density at radius 1 is 1.33 bits per heavy atom. The van der Waals surface area contributed by atoms with E-state index in [0.717, 1.165) is 38.0 Å². The second-order valence-electron chi connectivity index (χ2n) is 6.06. The van der Waals surface area contributed by atoms with Crippen LogP contribution in [0.2, 0.25) is 0 Å². The van der Waals surface area contributed by atoms with Crippen molar-refractivity contribution in [3.63, 3.8) is 0 Å². The summed E-state index contributed by atoms with van der Waals surface area (Å²) in [6.07, 6.45) is 2.67. The summed E-state index contributed by atoms with van der Waals surface area (Å²) in [7, 11) is 6.38. The second-order valence-corrected chi connectivity index (χ2v) is 6.06. The molecule has 21 heavy (non-hydrogen) atoms. The summed E-state index contributed by atoms with van der Waals surface area (Å²) in [6, 6.07) is 9.05. The van der Waals surface area contributed by atoms with Gasteiger partial charge in [-0.05, 0) is 58.2 Å². The third-order valence-corrected chi connectivity index (χ3v) is 4.24. The van der Waals surface area contributed by atoms with Gasteiger partial charge < -0.3 is 19.9 Å². The van der Waals surface area contributed by atoms with Gasteiger partial charge in [0.15, 0.2) is 0 Å². The third kappa shape index (κ3) is 5.30. The van der Waals surface area contributed by atoms with E-state index in [1.54, 1.807) is 0 Å². The number of hydrogen-bond acceptors (Lipinski definition) is 4. The summed E-state index contributed by atoms with van der Waals surface area (Å²) in [4.78, 5) is 4.85. The molecule has 0 saturated carbocycles. The Morgan fingerprint density at radius 3 is 2.71 bits per heavy atom. The standard InChI is InChI=1S/C17H29N3O/c1-18-13-15-6-8-17(9-7-15)21-12-11-19(2)14-16-5-4-10-20(16)3/h6-9,16,18H,4-5,10-14H2,1-3H3. The molecule has 1 aromatic rings. The van der Waals surface area contributed by atoms with Crippen LogP contribution < -0.4 is 10.1 Å². The highest BCUT2D eigenvalue weighted by atomic mass is 16.5. The fourth-order valence-electron chi connectivity index (χ4n) is 2.89. The van der Waals surface area contributed by atoms with Crippen LogP contribution in [0.3, 0.4) is 0 Å². The molecule has 0 aromatic heterocycles. The number of rotatable bonds is 8. The van der Waals surface area contributed by atoms with Crippen molar-refractivity contribution in [3.05, 3.63) is 29.8 Å².